The van der Waals surface area contributed by atoms with E-state index in [1.165, 1.54) is 0 Å². The zero-order valence-corrected chi connectivity index (χ0v) is 11.9. The van der Waals surface area contributed by atoms with Crippen molar-refractivity contribution in [2.75, 3.05) is 0 Å². The lowest BCUT2D eigenvalue weighted by molar-refractivity contribution is 0.103. The van der Waals surface area contributed by atoms with Gasteiger partial charge in [-0.25, -0.2) is 0 Å². The van der Waals surface area contributed by atoms with E-state index in [-0.39, 0.29) is 32.0 Å². The smallest absolute Gasteiger partial charge is 0.197 e. The number of hydrogen-bond acceptors (Lipinski definition) is 1. The summed E-state index contributed by atoms with van der Waals surface area (Å²) < 4.78 is 0. The lowest BCUT2D eigenvalue weighted by Gasteiger charge is -2.08. The average Bonchev–Trinajstić information content (AvgIpc) is 2.32. The fraction of sp³-hybridized carbons (Fsp3) is 0. The van der Waals surface area contributed by atoms with Gasteiger partial charge in [-0.15, -0.1) is 0 Å². The number of ketones is 1. The van der Waals surface area contributed by atoms with E-state index in [4.69, 9.17) is 46.4 Å². The van der Waals surface area contributed by atoms with Crippen LogP contribution in [-0.4, -0.2) is 5.78 Å². The van der Waals surface area contributed by atoms with Crippen molar-refractivity contribution in [3.05, 3.63) is 67.6 Å². The van der Waals surface area contributed by atoms with Gasteiger partial charge in [-0.3, -0.25) is 4.79 Å². The number of benzene rings is 2. The van der Waals surface area contributed by atoms with E-state index in [2.05, 4.69) is 0 Å². The third-order valence-electron chi connectivity index (χ3n) is 2.39. The van der Waals surface area contributed by atoms with Crippen LogP contribution in [0.3, 0.4) is 0 Å². The highest BCUT2D eigenvalue weighted by Gasteiger charge is 2.19. The standard InChI is InChI=1S/C13H6Cl4O/c14-8-4-2-5-9(15)11(8)13(18)7-3-1-6-10(16)12(7)17/h1-6H. The molecule has 0 aromatic heterocycles. The number of carbonyl (C=O) groups excluding carboxylic acids is 1. The molecule has 18 heavy (non-hydrogen) atoms. The van der Waals surface area contributed by atoms with Crippen LogP contribution in [0, 0.1) is 0 Å². The highest BCUT2D eigenvalue weighted by molar-refractivity contribution is 6.46. The normalized spacial score (nSPS) is 10.4. The highest BCUT2D eigenvalue weighted by Crippen LogP contribution is 2.32. The molecular formula is C13H6Cl4O. The molecule has 0 bridgehead atoms. The molecule has 0 N–H and O–H groups in total. The maximum atomic E-state index is 12.3. The lowest BCUT2D eigenvalue weighted by atomic mass is 10.0. The first-order valence-corrected chi connectivity index (χ1v) is 6.46. The van der Waals surface area contributed by atoms with E-state index in [0.29, 0.717) is 5.02 Å². The molecule has 1 nitrogen and oxygen atoms in total. The average molecular weight is 320 g/mol. The second-order valence-corrected chi connectivity index (χ2v) is 5.13. The van der Waals surface area contributed by atoms with Gasteiger partial charge in [-0.05, 0) is 24.3 Å². The zero-order chi connectivity index (χ0) is 13.3. The molecule has 0 unspecified atom stereocenters. The quantitative estimate of drug-likeness (QED) is 0.665. The highest BCUT2D eigenvalue weighted by atomic mass is 35.5. The third kappa shape index (κ3) is 2.50. The Morgan fingerprint density at radius 2 is 1.28 bits per heavy atom. The molecular weight excluding hydrogens is 314 g/mol. The first-order valence-electron chi connectivity index (χ1n) is 4.95. The minimum atomic E-state index is -0.349. The predicted molar refractivity (Wildman–Crippen MR) is 76.4 cm³/mol. The molecule has 0 spiro atoms. The van der Waals surface area contributed by atoms with Gasteiger partial charge in [0.25, 0.3) is 0 Å². The Hall–Kier alpha value is -0.730. The summed E-state index contributed by atoms with van der Waals surface area (Å²) in [5.74, 6) is -0.349. The largest absolute Gasteiger partial charge is 0.288 e. The Balaban J connectivity index is 2.59. The van der Waals surface area contributed by atoms with Gasteiger partial charge in [0.1, 0.15) is 0 Å². The predicted octanol–water partition coefficient (Wildman–Crippen LogP) is 5.53. The second-order valence-electron chi connectivity index (χ2n) is 3.53. The minimum absolute atomic E-state index is 0.195. The Labute approximate surface area is 124 Å². The van der Waals surface area contributed by atoms with Gasteiger partial charge < -0.3 is 0 Å². The van der Waals surface area contributed by atoms with Crippen LogP contribution < -0.4 is 0 Å². The molecule has 0 aliphatic rings. The SMILES string of the molecule is O=C(c1cccc(Cl)c1Cl)c1c(Cl)cccc1Cl. The van der Waals surface area contributed by atoms with Crippen molar-refractivity contribution in [1.82, 2.24) is 0 Å². The van der Waals surface area contributed by atoms with E-state index in [9.17, 15) is 4.79 Å². The van der Waals surface area contributed by atoms with Crippen LogP contribution in [0.15, 0.2) is 36.4 Å². The van der Waals surface area contributed by atoms with Gasteiger partial charge in [0.2, 0.25) is 0 Å². The van der Waals surface area contributed by atoms with Gasteiger partial charge in [-0.2, -0.15) is 0 Å². The van der Waals surface area contributed by atoms with Crippen molar-refractivity contribution < 1.29 is 4.79 Å². The van der Waals surface area contributed by atoms with Gasteiger partial charge in [-0.1, -0.05) is 58.5 Å². The topological polar surface area (TPSA) is 17.1 Å². The summed E-state index contributed by atoms with van der Waals surface area (Å²) in [6, 6.07) is 9.69. The summed E-state index contributed by atoms with van der Waals surface area (Å²) in [7, 11) is 0. The molecule has 2 rings (SSSR count). The van der Waals surface area contributed by atoms with Crippen LogP contribution in [0.4, 0.5) is 0 Å². The molecule has 92 valence electrons. The molecule has 0 saturated carbocycles. The minimum Gasteiger partial charge on any atom is -0.288 e. The fourth-order valence-electron chi connectivity index (χ4n) is 1.53. The van der Waals surface area contributed by atoms with Gasteiger partial charge in [0.05, 0.1) is 25.7 Å². The maximum Gasteiger partial charge on any atom is 0.197 e. The Morgan fingerprint density at radius 1 is 0.778 bits per heavy atom. The summed E-state index contributed by atoms with van der Waals surface area (Å²) >= 11 is 23.8. The fourth-order valence-corrected chi connectivity index (χ4v) is 2.48. The summed E-state index contributed by atoms with van der Waals surface area (Å²) in [6.07, 6.45) is 0. The molecule has 0 amide bonds. The number of halogens is 4. The van der Waals surface area contributed by atoms with E-state index < -0.39 is 0 Å². The lowest BCUT2D eigenvalue weighted by Crippen LogP contribution is -2.04. The molecule has 2 aromatic rings. The molecule has 0 heterocycles. The van der Waals surface area contributed by atoms with Crippen molar-refractivity contribution in [2.24, 2.45) is 0 Å². The molecule has 5 heteroatoms. The monoisotopic (exact) mass is 318 g/mol. The second kappa shape index (κ2) is 5.50. The van der Waals surface area contributed by atoms with E-state index in [1.54, 1.807) is 36.4 Å². The van der Waals surface area contributed by atoms with Crippen molar-refractivity contribution in [3.63, 3.8) is 0 Å². The number of hydrogen-bond donors (Lipinski definition) is 0. The molecule has 0 aliphatic carbocycles. The third-order valence-corrected chi connectivity index (χ3v) is 3.83. The van der Waals surface area contributed by atoms with Crippen LogP contribution in [0.2, 0.25) is 20.1 Å². The van der Waals surface area contributed by atoms with E-state index >= 15 is 0 Å². The van der Waals surface area contributed by atoms with Crippen LogP contribution in [0.25, 0.3) is 0 Å². The summed E-state index contributed by atoms with van der Waals surface area (Å²) in [5, 5.41) is 1.07. The molecule has 0 radical (unpaired) electrons. The molecule has 0 fully saturated rings. The van der Waals surface area contributed by atoms with Crippen molar-refractivity contribution in [3.8, 4) is 0 Å². The number of carbonyl (C=O) groups is 1. The van der Waals surface area contributed by atoms with E-state index in [0.717, 1.165) is 0 Å². The van der Waals surface area contributed by atoms with Gasteiger partial charge in [0, 0.05) is 5.56 Å². The zero-order valence-electron chi connectivity index (χ0n) is 8.88. The Morgan fingerprint density at radius 3 is 1.89 bits per heavy atom. The van der Waals surface area contributed by atoms with Gasteiger partial charge in [0.15, 0.2) is 5.78 Å². The molecule has 0 saturated heterocycles. The van der Waals surface area contributed by atoms with Gasteiger partial charge >= 0.3 is 0 Å². The van der Waals surface area contributed by atoms with Crippen molar-refractivity contribution >= 4 is 52.2 Å². The van der Waals surface area contributed by atoms with Crippen LogP contribution in [0.1, 0.15) is 15.9 Å². The first kappa shape index (κ1) is 13.7. The number of rotatable bonds is 2. The van der Waals surface area contributed by atoms with Crippen LogP contribution >= 0.6 is 46.4 Å². The molecule has 0 aliphatic heterocycles. The summed E-state index contributed by atoms with van der Waals surface area (Å²) in [6.45, 7) is 0. The van der Waals surface area contributed by atoms with Crippen LogP contribution in [-0.2, 0) is 0 Å². The van der Waals surface area contributed by atoms with Crippen molar-refractivity contribution in [2.45, 2.75) is 0 Å². The van der Waals surface area contributed by atoms with Crippen molar-refractivity contribution in [1.29, 1.82) is 0 Å². The summed E-state index contributed by atoms with van der Waals surface area (Å²) in [4.78, 5) is 12.3. The van der Waals surface area contributed by atoms with E-state index in [1.807, 2.05) is 0 Å². The maximum absolute atomic E-state index is 12.3. The first-order chi connectivity index (χ1) is 8.52. The van der Waals surface area contributed by atoms with Crippen LogP contribution in [0.5, 0.6) is 0 Å². The Kier molecular flexibility index (Phi) is 4.18. The molecule has 2 aromatic carbocycles. The Bertz CT molecular complexity index is 602. The molecule has 0 atom stereocenters. The summed E-state index contributed by atoms with van der Waals surface area (Å²) in [5.41, 5.74) is 0.504.